The second kappa shape index (κ2) is 9.40. The van der Waals surface area contributed by atoms with Gasteiger partial charge in [0.15, 0.2) is 0 Å². The Hall–Kier alpha value is -1.55. The molecule has 0 aliphatic carbocycles. The van der Waals surface area contributed by atoms with Crippen molar-refractivity contribution in [1.29, 1.82) is 0 Å². The number of hydrogen-bond acceptors (Lipinski definition) is 3. The van der Waals surface area contributed by atoms with Gasteiger partial charge in [0.05, 0.1) is 6.04 Å². The predicted molar refractivity (Wildman–Crippen MR) is 86.1 cm³/mol. The van der Waals surface area contributed by atoms with Crippen molar-refractivity contribution in [2.24, 2.45) is 11.7 Å². The maximum Gasteiger partial charge on any atom is 0.237 e. The zero-order valence-electron chi connectivity index (χ0n) is 13.1. The van der Waals surface area contributed by atoms with E-state index < -0.39 is 6.04 Å². The van der Waals surface area contributed by atoms with Gasteiger partial charge in [-0.05, 0) is 36.5 Å². The number of benzene rings is 1. The predicted octanol–water partition coefficient (Wildman–Crippen LogP) is 2.59. The molecular weight excluding hydrogens is 264 g/mol. The molecule has 0 saturated heterocycles. The van der Waals surface area contributed by atoms with Gasteiger partial charge < -0.3 is 16.2 Å². The van der Waals surface area contributed by atoms with Gasteiger partial charge in [0, 0.05) is 6.54 Å². The van der Waals surface area contributed by atoms with Crippen LogP contribution in [0.15, 0.2) is 24.3 Å². The van der Waals surface area contributed by atoms with E-state index in [1.807, 2.05) is 0 Å². The summed E-state index contributed by atoms with van der Waals surface area (Å²) >= 11 is 0. The van der Waals surface area contributed by atoms with Crippen LogP contribution in [0.5, 0.6) is 5.75 Å². The SMILES string of the molecule is CCCCC(CC)CNC(=O)C(N)Cc1ccc(O)cc1. The lowest BCUT2D eigenvalue weighted by Crippen LogP contribution is -2.43. The number of rotatable bonds is 9. The van der Waals surface area contributed by atoms with E-state index in [4.69, 9.17) is 5.73 Å². The van der Waals surface area contributed by atoms with Crippen molar-refractivity contribution >= 4 is 5.91 Å². The molecule has 1 rings (SSSR count). The van der Waals surface area contributed by atoms with E-state index in [2.05, 4.69) is 19.2 Å². The van der Waals surface area contributed by atoms with Gasteiger partial charge in [0.2, 0.25) is 5.91 Å². The molecule has 4 N–H and O–H groups in total. The minimum Gasteiger partial charge on any atom is -0.508 e. The summed E-state index contributed by atoms with van der Waals surface area (Å²) in [5.74, 6) is 0.659. The molecule has 0 heterocycles. The van der Waals surface area contributed by atoms with Crippen molar-refractivity contribution in [3.8, 4) is 5.75 Å². The Kier molecular flexibility index (Phi) is 7.83. The van der Waals surface area contributed by atoms with Crippen molar-refractivity contribution in [3.05, 3.63) is 29.8 Å². The summed E-state index contributed by atoms with van der Waals surface area (Å²) in [6.07, 6.45) is 5.10. The summed E-state index contributed by atoms with van der Waals surface area (Å²) in [7, 11) is 0. The Bertz CT molecular complexity index is 417. The highest BCUT2D eigenvalue weighted by Gasteiger charge is 2.15. The highest BCUT2D eigenvalue weighted by atomic mass is 16.3. The number of aromatic hydroxyl groups is 1. The Morgan fingerprint density at radius 3 is 2.52 bits per heavy atom. The monoisotopic (exact) mass is 292 g/mol. The number of nitrogens with two attached hydrogens (primary N) is 1. The molecule has 0 aliphatic heterocycles. The molecule has 4 nitrogen and oxygen atoms in total. The summed E-state index contributed by atoms with van der Waals surface area (Å²) in [4.78, 5) is 12.0. The summed E-state index contributed by atoms with van der Waals surface area (Å²) in [5.41, 5.74) is 6.89. The lowest BCUT2D eigenvalue weighted by atomic mass is 9.99. The molecule has 0 radical (unpaired) electrons. The Labute approximate surface area is 127 Å². The first-order valence-corrected chi connectivity index (χ1v) is 7.88. The summed E-state index contributed by atoms with van der Waals surface area (Å²) < 4.78 is 0. The zero-order valence-corrected chi connectivity index (χ0v) is 13.1. The van der Waals surface area contributed by atoms with E-state index in [0.717, 1.165) is 18.4 Å². The zero-order chi connectivity index (χ0) is 15.7. The molecule has 0 fully saturated rings. The molecule has 0 aliphatic rings. The van der Waals surface area contributed by atoms with Gasteiger partial charge in [0.1, 0.15) is 5.75 Å². The topological polar surface area (TPSA) is 75.4 Å². The van der Waals surface area contributed by atoms with Gasteiger partial charge in [0.25, 0.3) is 0 Å². The van der Waals surface area contributed by atoms with Crippen LogP contribution in [-0.2, 0) is 11.2 Å². The maximum atomic E-state index is 12.0. The molecule has 0 aromatic heterocycles. The van der Waals surface area contributed by atoms with Crippen molar-refractivity contribution in [2.75, 3.05) is 6.54 Å². The second-order valence-electron chi connectivity index (χ2n) is 5.64. The van der Waals surface area contributed by atoms with Crippen LogP contribution in [-0.4, -0.2) is 23.6 Å². The molecule has 1 amide bonds. The van der Waals surface area contributed by atoms with Crippen LogP contribution in [0, 0.1) is 5.92 Å². The van der Waals surface area contributed by atoms with Crippen LogP contribution in [0.25, 0.3) is 0 Å². The maximum absolute atomic E-state index is 12.0. The Morgan fingerprint density at radius 2 is 1.95 bits per heavy atom. The third-order valence-electron chi connectivity index (χ3n) is 3.84. The van der Waals surface area contributed by atoms with E-state index in [1.165, 1.54) is 12.8 Å². The van der Waals surface area contributed by atoms with Crippen LogP contribution in [0.4, 0.5) is 0 Å². The first-order valence-electron chi connectivity index (χ1n) is 7.88. The molecule has 1 aromatic carbocycles. The van der Waals surface area contributed by atoms with Crippen molar-refractivity contribution < 1.29 is 9.90 Å². The van der Waals surface area contributed by atoms with Crippen LogP contribution in [0.3, 0.4) is 0 Å². The van der Waals surface area contributed by atoms with E-state index >= 15 is 0 Å². The van der Waals surface area contributed by atoms with Gasteiger partial charge in [-0.25, -0.2) is 0 Å². The van der Waals surface area contributed by atoms with Gasteiger partial charge in [-0.15, -0.1) is 0 Å². The van der Waals surface area contributed by atoms with E-state index in [1.54, 1.807) is 24.3 Å². The molecule has 2 atom stereocenters. The van der Waals surface area contributed by atoms with E-state index in [0.29, 0.717) is 18.9 Å². The van der Waals surface area contributed by atoms with Crippen LogP contribution in [0.2, 0.25) is 0 Å². The minimum atomic E-state index is -0.543. The smallest absolute Gasteiger partial charge is 0.237 e. The lowest BCUT2D eigenvalue weighted by Gasteiger charge is -2.17. The fourth-order valence-electron chi connectivity index (χ4n) is 2.30. The quantitative estimate of drug-likeness (QED) is 0.655. The fraction of sp³-hybridized carbons (Fsp3) is 0.588. The molecule has 4 heteroatoms. The average molecular weight is 292 g/mol. The second-order valence-corrected chi connectivity index (χ2v) is 5.64. The largest absolute Gasteiger partial charge is 0.508 e. The molecule has 2 unspecified atom stereocenters. The Morgan fingerprint density at radius 1 is 1.29 bits per heavy atom. The number of nitrogens with one attached hydrogen (secondary N) is 1. The van der Waals surface area contributed by atoms with Crippen molar-refractivity contribution in [1.82, 2.24) is 5.32 Å². The number of unbranched alkanes of at least 4 members (excludes halogenated alkanes) is 1. The first-order chi connectivity index (χ1) is 10.1. The molecule has 0 saturated carbocycles. The van der Waals surface area contributed by atoms with Crippen LogP contribution in [0.1, 0.15) is 45.1 Å². The fourth-order valence-corrected chi connectivity index (χ4v) is 2.30. The number of phenolic OH excluding ortho intramolecular Hbond substituents is 1. The van der Waals surface area contributed by atoms with Gasteiger partial charge in [-0.1, -0.05) is 45.2 Å². The Balaban J connectivity index is 2.38. The third kappa shape index (κ3) is 6.63. The number of hydrogen-bond donors (Lipinski definition) is 3. The highest BCUT2D eigenvalue weighted by Crippen LogP contribution is 2.12. The normalized spacial score (nSPS) is 13.7. The highest BCUT2D eigenvalue weighted by molar-refractivity contribution is 5.81. The summed E-state index contributed by atoms with van der Waals surface area (Å²) in [5, 5.41) is 12.2. The van der Waals surface area contributed by atoms with Gasteiger partial charge in [-0.2, -0.15) is 0 Å². The summed E-state index contributed by atoms with van der Waals surface area (Å²) in [6, 6.07) is 6.26. The number of amides is 1. The van der Waals surface area contributed by atoms with E-state index in [-0.39, 0.29) is 11.7 Å². The number of phenols is 1. The summed E-state index contributed by atoms with van der Waals surface area (Å²) in [6.45, 7) is 5.04. The molecule has 118 valence electrons. The third-order valence-corrected chi connectivity index (χ3v) is 3.84. The lowest BCUT2D eigenvalue weighted by molar-refractivity contribution is -0.122. The average Bonchev–Trinajstić information content (AvgIpc) is 2.49. The van der Waals surface area contributed by atoms with Gasteiger partial charge in [-0.3, -0.25) is 4.79 Å². The van der Waals surface area contributed by atoms with Crippen LogP contribution >= 0.6 is 0 Å². The standard InChI is InChI=1S/C17H28N2O2/c1-3-5-6-13(4-2)12-19-17(21)16(18)11-14-7-9-15(20)10-8-14/h7-10,13,16,20H,3-6,11-12,18H2,1-2H3,(H,19,21). The minimum absolute atomic E-state index is 0.0991. The molecule has 1 aromatic rings. The van der Waals surface area contributed by atoms with Crippen molar-refractivity contribution in [3.63, 3.8) is 0 Å². The van der Waals surface area contributed by atoms with E-state index in [9.17, 15) is 9.90 Å². The van der Waals surface area contributed by atoms with Crippen molar-refractivity contribution in [2.45, 2.75) is 52.0 Å². The molecule has 0 bridgehead atoms. The first kappa shape index (κ1) is 17.5. The number of carbonyl (C=O) groups is 1. The van der Waals surface area contributed by atoms with Gasteiger partial charge >= 0.3 is 0 Å². The van der Waals surface area contributed by atoms with Crippen LogP contribution < -0.4 is 11.1 Å². The molecular formula is C17H28N2O2. The molecule has 0 spiro atoms. The number of carbonyl (C=O) groups excluding carboxylic acids is 1. The molecule has 21 heavy (non-hydrogen) atoms.